The van der Waals surface area contributed by atoms with Crippen LogP contribution in [0.4, 0.5) is 0 Å². The van der Waals surface area contributed by atoms with Gasteiger partial charge >= 0.3 is 0 Å². The summed E-state index contributed by atoms with van der Waals surface area (Å²) in [6.45, 7) is 5.53. The number of sulfonamides is 1. The molecule has 0 amide bonds. The highest BCUT2D eigenvalue weighted by Gasteiger charge is 2.18. The Hall–Kier alpha value is -1.22. The molecule has 0 aliphatic carbocycles. The van der Waals surface area contributed by atoms with Crippen molar-refractivity contribution >= 4 is 21.4 Å². The van der Waals surface area contributed by atoms with Gasteiger partial charge in [0.05, 0.1) is 9.90 Å². The fourth-order valence-corrected chi connectivity index (χ4v) is 3.93. The van der Waals surface area contributed by atoms with Gasteiger partial charge in [-0.25, -0.2) is 18.1 Å². The van der Waals surface area contributed by atoms with E-state index in [2.05, 4.69) is 15.0 Å². The van der Waals surface area contributed by atoms with Crippen LogP contribution in [0.25, 0.3) is 0 Å². The molecule has 0 saturated heterocycles. The van der Waals surface area contributed by atoms with Crippen molar-refractivity contribution in [2.24, 2.45) is 0 Å². The minimum Gasteiger partial charge on any atom is -0.349 e. The highest BCUT2D eigenvalue weighted by atomic mass is 32.2. The van der Waals surface area contributed by atoms with Crippen molar-refractivity contribution in [1.29, 1.82) is 0 Å². The molecule has 2 rings (SSSR count). The average molecular weight is 328 g/mol. The van der Waals surface area contributed by atoms with Gasteiger partial charge in [0.1, 0.15) is 0 Å². The van der Waals surface area contributed by atoms with Gasteiger partial charge in [-0.2, -0.15) is 0 Å². The number of aromatic nitrogens is 2. The molecular weight excluding hydrogens is 308 g/mol. The fraction of sp³-hybridized carbons (Fsp3) is 0.462. The Balaban J connectivity index is 2.15. The number of hydrogen-bond donors (Lipinski definition) is 2. The Morgan fingerprint density at radius 1 is 1.38 bits per heavy atom. The SMILES string of the molecule is CCn1cc(S(=O)(=O)NCc2cnc(C)s2)cc1CNC. The fourth-order valence-electron chi connectivity index (χ4n) is 2.03. The van der Waals surface area contributed by atoms with E-state index in [0.717, 1.165) is 22.1 Å². The Labute approximate surface area is 129 Å². The molecule has 0 radical (unpaired) electrons. The van der Waals surface area contributed by atoms with E-state index in [9.17, 15) is 8.42 Å². The summed E-state index contributed by atoms with van der Waals surface area (Å²) >= 11 is 1.49. The lowest BCUT2D eigenvalue weighted by Gasteiger charge is -2.04. The normalized spacial score (nSPS) is 12.0. The Morgan fingerprint density at radius 2 is 2.14 bits per heavy atom. The van der Waals surface area contributed by atoms with Gasteiger partial charge in [0.15, 0.2) is 0 Å². The quantitative estimate of drug-likeness (QED) is 0.807. The summed E-state index contributed by atoms with van der Waals surface area (Å²) in [6, 6.07) is 1.71. The zero-order valence-corrected chi connectivity index (χ0v) is 14.0. The van der Waals surface area contributed by atoms with E-state index in [0.29, 0.717) is 11.4 Å². The van der Waals surface area contributed by atoms with Crippen LogP contribution in [0.3, 0.4) is 0 Å². The first-order valence-corrected chi connectivity index (χ1v) is 9.01. The second kappa shape index (κ2) is 6.69. The molecule has 0 spiro atoms. The minimum atomic E-state index is -3.50. The molecule has 0 aliphatic rings. The van der Waals surface area contributed by atoms with E-state index in [1.807, 2.05) is 25.5 Å². The lowest BCUT2D eigenvalue weighted by molar-refractivity contribution is 0.581. The topological polar surface area (TPSA) is 76.0 Å². The molecule has 0 unspecified atom stereocenters. The maximum Gasteiger partial charge on any atom is 0.242 e. The molecule has 0 bridgehead atoms. The summed E-state index contributed by atoms with van der Waals surface area (Å²) in [5.41, 5.74) is 0.953. The molecule has 0 atom stereocenters. The number of nitrogens with one attached hydrogen (secondary N) is 2. The second-order valence-electron chi connectivity index (χ2n) is 4.65. The molecule has 6 nitrogen and oxygen atoms in total. The monoisotopic (exact) mass is 328 g/mol. The van der Waals surface area contributed by atoms with Crippen molar-refractivity contribution in [2.75, 3.05) is 7.05 Å². The van der Waals surface area contributed by atoms with Crippen LogP contribution in [0.15, 0.2) is 23.4 Å². The van der Waals surface area contributed by atoms with Gasteiger partial charge in [-0.3, -0.25) is 0 Å². The third-order valence-electron chi connectivity index (χ3n) is 3.08. The number of rotatable bonds is 7. The predicted molar refractivity (Wildman–Crippen MR) is 83.7 cm³/mol. The first-order valence-electron chi connectivity index (χ1n) is 6.71. The van der Waals surface area contributed by atoms with Crippen molar-refractivity contribution in [3.8, 4) is 0 Å². The second-order valence-corrected chi connectivity index (χ2v) is 7.74. The van der Waals surface area contributed by atoms with E-state index in [1.165, 1.54) is 11.3 Å². The summed E-state index contributed by atoms with van der Waals surface area (Å²) in [5, 5.41) is 3.97. The summed E-state index contributed by atoms with van der Waals surface area (Å²) in [6.07, 6.45) is 3.37. The molecule has 116 valence electrons. The number of nitrogens with zero attached hydrogens (tertiary/aromatic N) is 2. The van der Waals surface area contributed by atoms with Crippen LogP contribution < -0.4 is 10.0 Å². The largest absolute Gasteiger partial charge is 0.349 e. The maximum atomic E-state index is 12.3. The van der Waals surface area contributed by atoms with Gasteiger partial charge in [-0.05, 0) is 27.0 Å². The van der Waals surface area contributed by atoms with Gasteiger partial charge < -0.3 is 9.88 Å². The van der Waals surface area contributed by atoms with Crippen LogP contribution in [-0.4, -0.2) is 25.0 Å². The van der Waals surface area contributed by atoms with Gasteiger partial charge in [0.25, 0.3) is 0 Å². The molecule has 2 aromatic rings. The Kier molecular flexibility index (Phi) is 5.15. The first-order chi connectivity index (χ1) is 9.96. The first kappa shape index (κ1) is 16.2. The molecule has 0 fully saturated rings. The summed E-state index contributed by atoms with van der Waals surface area (Å²) in [4.78, 5) is 5.32. The molecule has 21 heavy (non-hydrogen) atoms. The molecule has 0 aliphatic heterocycles. The highest BCUT2D eigenvalue weighted by Crippen LogP contribution is 2.16. The van der Waals surface area contributed by atoms with E-state index < -0.39 is 10.0 Å². The molecule has 0 aromatic carbocycles. The van der Waals surface area contributed by atoms with Crippen LogP contribution in [0, 0.1) is 6.92 Å². The maximum absolute atomic E-state index is 12.3. The standard InChI is InChI=1S/C13H20N4O2S2/c1-4-17-9-13(5-11(17)6-14-3)21(18,19)16-8-12-7-15-10(2)20-12/h5,7,9,14,16H,4,6,8H2,1-3H3. The summed E-state index contributed by atoms with van der Waals surface area (Å²) < 4.78 is 29.2. The van der Waals surface area contributed by atoms with Crippen molar-refractivity contribution in [3.63, 3.8) is 0 Å². The minimum absolute atomic E-state index is 0.270. The summed E-state index contributed by atoms with van der Waals surface area (Å²) in [5.74, 6) is 0. The van der Waals surface area contributed by atoms with Gasteiger partial charge in [0, 0.05) is 42.6 Å². The average Bonchev–Trinajstić information content (AvgIpc) is 3.04. The van der Waals surface area contributed by atoms with Crippen LogP contribution in [0.2, 0.25) is 0 Å². The van der Waals surface area contributed by atoms with Crippen molar-refractivity contribution in [1.82, 2.24) is 19.6 Å². The number of hydrogen-bond acceptors (Lipinski definition) is 5. The lowest BCUT2D eigenvalue weighted by Crippen LogP contribution is -2.22. The lowest BCUT2D eigenvalue weighted by atomic mass is 10.4. The molecular formula is C13H20N4O2S2. The van der Waals surface area contributed by atoms with Crippen molar-refractivity contribution in [2.45, 2.75) is 38.4 Å². The van der Waals surface area contributed by atoms with Crippen LogP contribution in [0.5, 0.6) is 0 Å². The molecule has 2 heterocycles. The smallest absolute Gasteiger partial charge is 0.242 e. The predicted octanol–water partition coefficient (Wildman–Crippen LogP) is 1.47. The van der Waals surface area contributed by atoms with Crippen molar-refractivity contribution in [3.05, 3.63) is 34.0 Å². The Morgan fingerprint density at radius 3 is 2.71 bits per heavy atom. The zero-order valence-electron chi connectivity index (χ0n) is 12.4. The molecule has 0 saturated carbocycles. The van der Waals surface area contributed by atoms with E-state index in [1.54, 1.807) is 18.5 Å². The highest BCUT2D eigenvalue weighted by molar-refractivity contribution is 7.89. The molecule has 2 aromatic heterocycles. The molecule has 8 heteroatoms. The Bertz CT molecular complexity index is 704. The van der Waals surface area contributed by atoms with Gasteiger partial charge in [-0.15, -0.1) is 11.3 Å². The van der Waals surface area contributed by atoms with Gasteiger partial charge in [-0.1, -0.05) is 0 Å². The van der Waals surface area contributed by atoms with Crippen LogP contribution >= 0.6 is 11.3 Å². The number of thiazole rings is 1. The number of aryl methyl sites for hydroxylation is 2. The third-order valence-corrected chi connectivity index (χ3v) is 5.36. The van der Waals surface area contributed by atoms with Crippen LogP contribution in [0.1, 0.15) is 22.5 Å². The van der Waals surface area contributed by atoms with Crippen LogP contribution in [-0.2, 0) is 29.7 Å². The van der Waals surface area contributed by atoms with Gasteiger partial charge in [0.2, 0.25) is 10.0 Å². The summed E-state index contributed by atoms with van der Waals surface area (Å²) in [7, 11) is -1.66. The zero-order chi connectivity index (χ0) is 15.5. The van der Waals surface area contributed by atoms with E-state index >= 15 is 0 Å². The third kappa shape index (κ3) is 3.91. The van der Waals surface area contributed by atoms with Crippen molar-refractivity contribution < 1.29 is 8.42 Å². The van der Waals surface area contributed by atoms with E-state index in [-0.39, 0.29) is 6.54 Å². The molecule has 2 N–H and O–H groups in total. The van der Waals surface area contributed by atoms with E-state index in [4.69, 9.17) is 0 Å².